The molecular formula is C19H16N2. The fraction of sp³-hybridized carbons (Fsp3) is 0.158. The number of aryl methyl sites for hydroxylation is 1. The molecule has 0 amide bonds. The predicted octanol–water partition coefficient (Wildman–Crippen LogP) is 4.73. The van der Waals surface area contributed by atoms with Crippen LogP contribution < -0.4 is 0 Å². The number of rotatable bonds is 3. The molecule has 0 aliphatic rings. The summed E-state index contributed by atoms with van der Waals surface area (Å²) in [5.74, 6) is 0. The number of hydrogen-bond acceptors (Lipinski definition) is 2. The Hall–Kier alpha value is -2.66. The Bertz CT molecular complexity index is 828. The first-order valence-corrected chi connectivity index (χ1v) is 7.20. The van der Waals surface area contributed by atoms with Gasteiger partial charge in [-0.05, 0) is 53.4 Å². The molecule has 21 heavy (non-hydrogen) atoms. The lowest BCUT2D eigenvalue weighted by Gasteiger charge is -2.08. The molecule has 2 nitrogen and oxygen atoms in total. The summed E-state index contributed by atoms with van der Waals surface area (Å²) in [7, 11) is 0. The molecule has 0 saturated heterocycles. The molecule has 0 saturated carbocycles. The lowest BCUT2D eigenvalue weighted by atomic mass is 9.97. The Balaban J connectivity index is 2.21. The van der Waals surface area contributed by atoms with Gasteiger partial charge < -0.3 is 0 Å². The smallest absolute Gasteiger partial charge is 0.0991 e. The predicted molar refractivity (Wildman–Crippen MR) is 85.9 cm³/mol. The zero-order valence-corrected chi connectivity index (χ0v) is 12.0. The van der Waals surface area contributed by atoms with E-state index >= 15 is 0 Å². The summed E-state index contributed by atoms with van der Waals surface area (Å²) >= 11 is 0. The van der Waals surface area contributed by atoms with E-state index in [0.29, 0.717) is 5.56 Å². The van der Waals surface area contributed by atoms with E-state index in [-0.39, 0.29) is 0 Å². The van der Waals surface area contributed by atoms with Crippen LogP contribution in [0.25, 0.3) is 22.0 Å². The third-order valence-corrected chi connectivity index (χ3v) is 3.65. The van der Waals surface area contributed by atoms with Crippen molar-refractivity contribution in [2.75, 3.05) is 0 Å². The van der Waals surface area contributed by atoms with Crippen LogP contribution >= 0.6 is 0 Å². The largest absolute Gasteiger partial charge is 0.256 e. The van der Waals surface area contributed by atoms with E-state index in [1.165, 1.54) is 5.56 Å². The molecule has 0 N–H and O–H groups in total. The van der Waals surface area contributed by atoms with Crippen molar-refractivity contribution in [1.29, 1.82) is 5.26 Å². The second kappa shape index (κ2) is 5.76. The van der Waals surface area contributed by atoms with Crippen molar-refractivity contribution in [3.05, 3.63) is 65.9 Å². The highest BCUT2D eigenvalue weighted by atomic mass is 14.6. The van der Waals surface area contributed by atoms with Crippen molar-refractivity contribution in [2.45, 2.75) is 19.8 Å². The van der Waals surface area contributed by atoms with Gasteiger partial charge in [-0.15, -0.1) is 0 Å². The molecule has 0 aliphatic carbocycles. The monoisotopic (exact) mass is 272 g/mol. The number of nitriles is 1. The quantitative estimate of drug-likeness (QED) is 0.691. The lowest BCUT2D eigenvalue weighted by molar-refractivity contribution is 0.923. The number of aromatic nitrogens is 1. The number of pyridine rings is 1. The molecule has 0 atom stereocenters. The van der Waals surface area contributed by atoms with Crippen LogP contribution in [0.2, 0.25) is 0 Å². The SMILES string of the molecule is CCCc1ccc2nccc(-c3cccc(C#N)c3)c2c1. The van der Waals surface area contributed by atoms with Crippen LogP contribution in [0.5, 0.6) is 0 Å². The number of benzene rings is 2. The minimum Gasteiger partial charge on any atom is -0.256 e. The van der Waals surface area contributed by atoms with Gasteiger partial charge >= 0.3 is 0 Å². The molecule has 102 valence electrons. The first-order valence-electron chi connectivity index (χ1n) is 7.20. The highest BCUT2D eigenvalue weighted by Gasteiger charge is 2.06. The molecule has 0 aliphatic heterocycles. The maximum atomic E-state index is 9.07. The van der Waals surface area contributed by atoms with Crippen molar-refractivity contribution >= 4 is 10.9 Å². The molecule has 0 radical (unpaired) electrons. The molecule has 2 aromatic carbocycles. The minimum absolute atomic E-state index is 0.683. The van der Waals surface area contributed by atoms with Crippen LogP contribution in [-0.4, -0.2) is 4.98 Å². The van der Waals surface area contributed by atoms with Crippen molar-refractivity contribution in [3.8, 4) is 17.2 Å². The molecule has 0 spiro atoms. The van der Waals surface area contributed by atoms with Crippen LogP contribution in [-0.2, 0) is 6.42 Å². The first-order chi connectivity index (χ1) is 10.3. The van der Waals surface area contributed by atoms with E-state index in [1.807, 2.05) is 36.5 Å². The highest BCUT2D eigenvalue weighted by Crippen LogP contribution is 2.29. The molecular weight excluding hydrogens is 256 g/mol. The van der Waals surface area contributed by atoms with E-state index in [0.717, 1.165) is 34.9 Å². The van der Waals surface area contributed by atoms with Gasteiger partial charge in [0.1, 0.15) is 0 Å². The van der Waals surface area contributed by atoms with E-state index in [4.69, 9.17) is 5.26 Å². The Morgan fingerprint density at radius 3 is 2.81 bits per heavy atom. The van der Waals surface area contributed by atoms with Gasteiger partial charge in [-0.1, -0.05) is 31.5 Å². The summed E-state index contributed by atoms with van der Waals surface area (Å²) in [6.45, 7) is 2.19. The standard InChI is InChI=1S/C19H16N2/c1-2-4-14-7-8-19-18(12-14)17(9-10-21-19)16-6-3-5-15(11-16)13-20/h3,5-12H,2,4H2,1H3. The van der Waals surface area contributed by atoms with Gasteiger partial charge in [0.25, 0.3) is 0 Å². The fourth-order valence-electron chi connectivity index (χ4n) is 2.65. The van der Waals surface area contributed by atoms with Gasteiger partial charge in [0, 0.05) is 11.6 Å². The van der Waals surface area contributed by atoms with E-state index in [9.17, 15) is 0 Å². The topological polar surface area (TPSA) is 36.7 Å². The first kappa shape index (κ1) is 13.3. The summed E-state index contributed by atoms with van der Waals surface area (Å²) in [5, 5.41) is 10.2. The van der Waals surface area contributed by atoms with Crippen LogP contribution in [0, 0.1) is 11.3 Å². The zero-order chi connectivity index (χ0) is 14.7. The van der Waals surface area contributed by atoms with E-state index in [2.05, 4.69) is 36.2 Å². The van der Waals surface area contributed by atoms with E-state index < -0.39 is 0 Å². The average Bonchev–Trinajstić information content (AvgIpc) is 2.54. The maximum absolute atomic E-state index is 9.07. The Kier molecular flexibility index (Phi) is 3.66. The van der Waals surface area contributed by atoms with Crippen LogP contribution in [0.3, 0.4) is 0 Å². The molecule has 1 heterocycles. The van der Waals surface area contributed by atoms with Crippen LogP contribution in [0.4, 0.5) is 0 Å². The van der Waals surface area contributed by atoms with Gasteiger partial charge in [-0.3, -0.25) is 4.98 Å². The summed E-state index contributed by atoms with van der Waals surface area (Å²) in [5.41, 5.74) is 5.21. The van der Waals surface area contributed by atoms with Crippen molar-refractivity contribution in [1.82, 2.24) is 4.98 Å². The van der Waals surface area contributed by atoms with Gasteiger partial charge in [0.15, 0.2) is 0 Å². The summed E-state index contributed by atoms with van der Waals surface area (Å²) in [6.07, 6.45) is 4.03. The molecule has 0 bridgehead atoms. The van der Waals surface area contributed by atoms with Gasteiger partial charge in [-0.25, -0.2) is 0 Å². The highest BCUT2D eigenvalue weighted by molar-refractivity contribution is 5.94. The van der Waals surface area contributed by atoms with Crippen molar-refractivity contribution in [2.24, 2.45) is 0 Å². The third kappa shape index (κ3) is 2.64. The third-order valence-electron chi connectivity index (χ3n) is 3.65. The van der Waals surface area contributed by atoms with E-state index in [1.54, 1.807) is 0 Å². The fourth-order valence-corrected chi connectivity index (χ4v) is 2.65. The van der Waals surface area contributed by atoms with Crippen molar-refractivity contribution < 1.29 is 0 Å². The van der Waals surface area contributed by atoms with Crippen LogP contribution in [0.15, 0.2) is 54.7 Å². The Morgan fingerprint density at radius 1 is 1.10 bits per heavy atom. The normalized spacial score (nSPS) is 10.5. The molecule has 3 aromatic rings. The van der Waals surface area contributed by atoms with Crippen LogP contribution in [0.1, 0.15) is 24.5 Å². The number of fused-ring (bicyclic) bond motifs is 1. The molecule has 1 aromatic heterocycles. The minimum atomic E-state index is 0.683. The molecule has 0 unspecified atom stereocenters. The maximum Gasteiger partial charge on any atom is 0.0991 e. The average molecular weight is 272 g/mol. The van der Waals surface area contributed by atoms with Crippen molar-refractivity contribution in [3.63, 3.8) is 0 Å². The number of hydrogen-bond donors (Lipinski definition) is 0. The van der Waals surface area contributed by atoms with Gasteiger partial charge in [0.05, 0.1) is 17.1 Å². The lowest BCUT2D eigenvalue weighted by Crippen LogP contribution is -1.88. The second-order valence-electron chi connectivity index (χ2n) is 5.15. The zero-order valence-electron chi connectivity index (χ0n) is 12.0. The van der Waals surface area contributed by atoms with Gasteiger partial charge in [-0.2, -0.15) is 5.26 Å². The molecule has 0 fully saturated rings. The molecule has 3 rings (SSSR count). The summed E-state index contributed by atoms with van der Waals surface area (Å²) in [6, 6.07) is 18.4. The van der Waals surface area contributed by atoms with Gasteiger partial charge in [0.2, 0.25) is 0 Å². The molecule has 2 heteroatoms. The number of nitrogens with zero attached hydrogens (tertiary/aromatic N) is 2. The second-order valence-corrected chi connectivity index (χ2v) is 5.15. The summed E-state index contributed by atoms with van der Waals surface area (Å²) < 4.78 is 0. The Morgan fingerprint density at radius 2 is 2.00 bits per heavy atom. The Labute approximate surface area is 124 Å². The summed E-state index contributed by atoms with van der Waals surface area (Å²) in [4.78, 5) is 4.45.